The first-order chi connectivity index (χ1) is 12.2. The van der Waals surface area contributed by atoms with E-state index in [1.807, 2.05) is 24.3 Å². The van der Waals surface area contributed by atoms with E-state index in [9.17, 15) is 0 Å². The topological polar surface area (TPSA) is 32.6 Å². The van der Waals surface area contributed by atoms with E-state index < -0.39 is 6.29 Å². The fraction of sp³-hybridized carbons (Fsp3) is 0.263. The maximum Gasteiger partial charge on any atom is 0.187 e. The number of rotatable bonds is 4. The summed E-state index contributed by atoms with van der Waals surface area (Å²) in [6.07, 6.45) is 1.65. The molecule has 1 aliphatic rings. The summed E-state index contributed by atoms with van der Waals surface area (Å²) in [5.41, 5.74) is 2.96. The number of hydrogen-bond donors (Lipinski definition) is 0. The zero-order chi connectivity index (χ0) is 17.4. The Bertz CT molecular complexity index is 918. The number of nitrogens with zero attached hydrogens (tertiary/aromatic N) is 1. The van der Waals surface area contributed by atoms with Crippen molar-refractivity contribution in [1.82, 2.24) is 4.57 Å². The zero-order valence-corrected chi connectivity index (χ0v) is 16.0. The Morgan fingerprint density at radius 1 is 1.24 bits per heavy atom. The molecular weight excluding hydrogens is 406 g/mol. The van der Waals surface area contributed by atoms with Crippen LogP contribution in [-0.2, 0) is 16.0 Å². The van der Waals surface area contributed by atoms with Gasteiger partial charge in [-0.1, -0.05) is 33.6 Å². The molecule has 0 atom stereocenters. The Kier molecular flexibility index (Phi) is 4.73. The number of ether oxygens (including phenoxy) is 3. The molecule has 1 fully saturated rings. The predicted octanol–water partition coefficient (Wildman–Crippen LogP) is 5.16. The Morgan fingerprint density at radius 2 is 2.04 bits per heavy atom. The molecule has 0 bridgehead atoms. The summed E-state index contributed by atoms with van der Waals surface area (Å²) in [7, 11) is 1.65. The smallest absolute Gasteiger partial charge is 0.187 e. The number of aromatic nitrogens is 1. The molecule has 0 radical (unpaired) electrons. The van der Waals surface area contributed by atoms with Crippen molar-refractivity contribution < 1.29 is 14.2 Å². The van der Waals surface area contributed by atoms with Gasteiger partial charge in [0, 0.05) is 33.1 Å². The minimum Gasteiger partial charge on any atom is -0.496 e. The summed E-state index contributed by atoms with van der Waals surface area (Å²) in [5.74, 6) is 0.726. The number of halogens is 2. The molecule has 0 N–H and O–H groups in total. The van der Waals surface area contributed by atoms with Crippen molar-refractivity contribution in [2.45, 2.75) is 12.8 Å². The lowest BCUT2D eigenvalue weighted by Gasteiger charge is -2.17. The van der Waals surface area contributed by atoms with Crippen molar-refractivity contribution >= 4 is 38.4 Å². The van der Waals surface area contributed by atoms with Gasteiger partial charge in [0.05, 0.1) is 25.9 Å². The fourth-order valence-corrected chi connectivity index (χ4v) is 3.86. The molecule has 2 heterocycles. The molecule has 6 heteroatoms. The van der Waals surface area contributed by atoms with Crippen LogP contribution in [0.25, 0.3) is 10.9 Å². The highest BCUT2D eigenvalue weighted by atomic mass is 79.9. The quantitative estimate of drug-likeness (QED) is 0.582. The average Bonchev–Trinajstić information content (AvgIpc) is 3.27. The first-order valence-corrected chi connectivity index (χ1v) is 9.17. The van der Waals surface area contributed by atoms with Crippen LogP contribution in [0.4, 0.5) is 0 Å². The Morgan fingerprint density at radius 3 is 2.80 bits per heavy atom. The van der Waals surface area contributed by atoms with E-state index in [4.69, 9.17) is 25.8 Å². The third-order valence-corrected chi connectivity index (χ3v) is 5.42. The molecule has 0 unspecified atom stereocenters. The van der Waals surface area contributed by atoms with Gasteiger partial charge >= 0.3 is 0 Å². The second kappa shape index (κ2) is 7.00. The summed E-state index contributed by atoms with van der Waals surface area (Å²) in [6.45, 7) is 1.82. The molecule has 0 aliphatic carbocycles. The Hall–Kier alpha value is -1.53. The highest BCUT2D eigenvalue weighted by Gasteiger charge is 2.23. The third-order valence-electron chi connectivity index (χ3n) is 4.38. The molecule has 0 spiro atoms. The third kappa shape index (κ3) is 3.17. The lowest BCUT2D eigenvalue weighted by molar-refractivity contribution is -0.0454. The van der Waals surface area contributed by atoms with Gasteiger partial charge in [-0.15, -0.1) is 0 Å². The van der Waals surface area contributed by atoms with Gasteiger partial charge in [-0.05, 0) is 35.9 Å². The number of fused-ring (bicyclic) bond motifs is 1. The molecular formula is C19H17BrClNO3. The fourth-order valence-electron chi connectivity index (χ4n) is 3.14. The standard InChI is InChI=1S/C19H17BrClNO3/c1-23-18-9-12(16(21)10-14(18)19-24-7-8-25-19)11-22-6-5-13-15(20)3-2-4-17(13)22/h2-6,9-10,19H,7-8,11H2,1H3. The van der Waals surface area contributed by atoms with Gasteiger partial charge < -0.3 is 18.8 Å². The SMILES string of the molecule is COc1cc(Cn2ccc3c(Br)cccc32)c(Cl)cc1C1OCCO1. The lowest BCUT2D eigenvalue weighted by atomic mass is 10.1. The highest BCUT2D eigenvalue weighted by molar-refractivity contribution is 9.10. The Balaban J connectivity index is 1.71. The number of methoxy groups -OCH3 is 1. The number of benzene rings is 2. The van der Waals surface area contributed by atoms with Crippen LogP contribution in [0.15, 0.2) is 47.1 Å². The molecule has 1 aliphatic heterocycles. The van der Waals surface area contributed by atoms with E-state index in [0.29, 0.717) is 24.8 Å². The zero-order valence-electron chi connectivity index (χ0n) is 13.7. The minimum atomic E-state index is -0.412. The van der Waals surface area contributed by atoms with Gasteiger partial charge in [0.25, 0.3) is 0 Å². The van der Waals surface area contributed by atoms with Crippen LogP contribution in [0.5, 0.6) is 5.75 Å². The molecule has 1 aromatic heterocycles. The molecule has 1 saturated heterocycles. The molecule has 3 aromatic rings. The van der Waals surface area contributed by atoms with Crippen molar-refractivity contribution in [2.24, 2.45) is 0 Å². The van der Waals surface area contributed by atoms with Crippen LogP contribution in [0.1, 0.15) is 17.4 Å². The maximum atomic E-state index is 6.55. The first-order valence-electron chi connectivity index (χ1n) is 8.00. The van der Waals surface area contributed by atoms with Crippen LogP contribution >= 0.6 is 27.5 Å². The highest BCUT2D eigenvalue weighted by Crippen LogP contribution is 2.36. The molecule has 130 valence electrons. The van der Waals surface area contributed by atoms with Crippen molar-refractivity contribution in [2.75, 3.05) is 20.3 Å². The van der Waals surface area contributed by atoms with E-state index in [2.05, 4.69) is 38.8 Å². The molecule has 2 aromatic carbocycles. The van der Waals surface area contributed by atoms with Gasteiger partial charge in [-0.2, -0.15) is 0 Å². The monoisotopic (exact) mass is 421 g/mol. The van der Waals surface area contributed by atoms with Crippen molar-refractivity contribution in [3.05, 3.63) is 63.2 Å². The van der Waals surface area contributed by atoms with Crippen LogP contribution in [0, 0.1) is 0 Å². The van der Waals surface area contributed by atoms with Gasteiger partial charge in [0.2, 0.25) is 0 Å². The largest absolute Gasteiger partial charge is 0.496 e. The van der Waals surface area contributed by atoms with Crippen LogP contribution in [0.2, 0.25) is 5.02 Å². The normalized spacial score (nSPS) is 15.2. The van der Waals surface area contributed by atoms with Gasteiger partial charge in [0.1, 0.15) is 5.75 Å². The Labute approximate surface area is 159 Å². The summed E-state index contributed by atoms with van der Waals surface area (Å²) < 4.78 is 20.0. The molecule has 0 amide bonds. The predicted molar refractivity (Wildman–Crippen MR) is 101 cm³/mol. The minimum absolute atomic E-state index is 0.412. The van der Waals surface area contributed by atoms with Crippen LogP contribution in [0.3, 0.4) is 0 Å². The number of hydrogen-bond acceptors (Lipinski definition) is 3. The van der Waals surface area contributed by atoms with E-state index in [0.717, 1.165) is 26.9 Å². The van der Waals surface area contributed by atoms with Crippen molar-refractivity contribution in [3.63, 3.8) is 0 Å². The van der Waals surface area contributed by atoms with Crippen LogP contribution < -0.4 is 4.74 Å². The van der Waals surface area contributed by atoms with Crippen molar-refractivity contribution in [1.29, 1.82) is 0 Å². The summed E-state index contributed by atoms with van der Waals surface area (Å²) in [6, 6.07) is 12.1. The van der Waals surface area contributed by atoms with Crippen molar-refractivity contribution in [3.8, 4) is 5.75 Å². The van der Waals surface area contributed by atoms with E-state index in [1.165, 1.54) is 5.39 Å². The first kappa shape index (κ1) is 16.9. The summed E-state index contributed by atoms with van der Waals surface area (Å²) in [5, 5.41) is 1.85. The van der Waals surface area contributed by atoms with E-state index >= 15 is 0 Å². The molecule has 25 heavy (non-hydrogen) atoms. The van der Waals surface area contributed by atoms with Gasteiger partial charge in [-0.3, -0.25) is 0 Å². The van der Waals surface area contributed by atoms with Gasteiger partial charge in [-0.25, -0.2) is 0 Å². The second-order valence-corrected chi connectivity index (χ2v) is 7.14. The van der Waals surface area contributed by atoms with E-state index in [1.54, 1.807) is 7.11 Å². The molecule has 4 rings (SSSR count). The summed E-state index contributed by atoms with van der Waals surface area (Å²) >= 11 is 10.1. The second-order valence-electron chi connectivity index (χ2n) is 5.88. The molecule has 0 saturated carbocycles. The van der Waals surface area contributed by atoms with Gasteiger partial charge in [0.15, 0.2) is 6.29 Å². The summed E-state index contributed by atoms with van der Waals surface area (Å²) in [4.78, 5) is 0. The lowest BCUT2D eigenvalue weighted by Crippen LogP contribution is -2.05. The van der Waals surface area contributed by atoms with Crippen LogP contribution in [-0.4, -0.2) is 24.9 Å². The maximum absolute atomic E-state index is 6.55. The van der Waals surface area contributed by atoms with E-state index in [-0.39, 0.29) is 0 Å². The average molecular weight is 423 g/mol. The molecule has 4 nitrogen and oxygen atoms in total.